The van der Waals surface area contributed by atoms with Crippen molar-refractivity contribution in [2.24, 2.45) is 10.2 Å². The van der Waals surface area contributed by atoms with Gasteiger partial charge in [0.05, 0.1) is 11.1 Å². The molecule has 2 saturated heterocycles. The van der Waals surface area contributed by atoms with Gasteiger partial charge in [0, 0.05) is 11.1 Å². The van der Waals surface area contributed by atoms with Crippen LogP contribution in [0.4, 0.5) is 17.1 Å². The van der Waals surface area contributed by atoms with Gasteiger partial charge in [-0.3, -0.25) is 4.55 Å². The van der Waals surface area contributed by atoms with Crippen molar-refractivity contribution < 1.29 is 39.5 Å². The summed E-state index contributed by atoms with van der Waals surface area (Å²) < 4.78 is 44.1. The monoisotopic (exact) mass is 827 g/mol. The Balaban J connectivity index is 1.12. The molecule has 1 radical (unpaired) electrons. The van der Waals surface area contributed by atoms with Crippen molar-refractivity contribution in [3.63, 3.8) is 0 Å². The molecule has 2 bridgehead atoms. The summed E-state index contributed by atoms with van der Waals surface area (Å²) in [7, 11) is -4.58. The van der Waals surface area contributed by atoms with E-state index in [1.807, 2.05) is 60.0 Å². The number of benzene rings is 4. The molecule has 0 aliphatic carbocycles. The predicted molar refractivity (Wildman–Crippen MR) is 206 cm³/mol. The van der Waals surface area contributed by atoms with Crippen molar-refractivity contribution in [2.75, 3.05) is 64.6 Å². The molecule has 15 nitrogen and oxygen atoms in total. The predicted octanol–water partition coefficient (Wildman–Crippen LogP) is 4.05. The van der Waals surface area contributed by atoms with Gasteiger partial charge in [0.15, 0.2) is 5.75 Å². The molecule has 4 N–H and O–H groups in total. The number of ketones is 1. The fourth-order valence-corrected chi connectivity index (χ4v) is 8.42. The second-order valence-corrected chi connectivity index (χ2v) is 16.7. The molecule has 0 amide bonds. The van der Waals surface area contributed by atoms with Gasteiger partial charge >= 0.3 is 155 Å². The second kappa shape index (κ2) is 17.0. The maximum atomic E-state index is 13.4. The molecule has 55 heavy (non-hydrogen) atoms. The first-order valence-corrected chi connectivity index (χ1v) is 21.1. The number of phenolic OH excluding ortho intramolecular Hbond substituents is 1. The molecular formula is C38H42GaN6O9S. The van der Waals surface area contributed by atoms with Crippen LogP contribution in [-0.2, 0) is 38.0 Å². The van der Waals surface area contributed by atoms with Gasteiger partial charge in [-0.15, -0.1) is 5.11 Å². The van der Waals surface area contributed by atoms with Gasteiger partial charge in [-0.25, -0.2) is 0 Å². The van der Waals surface area contributed by atoms with E-state index in [1.165, 1.54) is 18.2 Å². The zero-order valence-electron chi connectivity index (χ0n) is 30.8. The van der Waals surface area contributed by atoms with E-state index in [-0.39, 0.29) is 76.6 Å². The summed E-state index contributed by atoms with van der Waals surface area (Å²) in [4.78, 5) is 43.6. The zero-order chi connectivity index (χ0) is 39.4. The summed E-state index contributed by atoms with van der Waals surface area (Å²) in [5, 5.41) is 19.7. The Bertz CT molecular complexity index is 2270. The molecule has 6 rings (SSSR count). The van der Waals surface area contributed by atoms with Crippen LogP contribution in [-0.4, -0.2) is 128 Å². The van der Waals surface area contributed by atoms with Crippen molar-refractivity contribution in [1.29, 1.82) is 0 Å². The Kier molecular flexibility index (Phi) is 12.4. The van der Waals surface area contributed by atoms with Crippen LogP contribution in [0.5, 0.6) is 5.75 Å². The number of nitrogens with zero attached hydrogens (tertiary/aromatic N) is 5. The number of nitrogens with two attached hydrogens (primary N) is 1. The summed E-state index contributed by atoms with van der Waals surface area (Å²) in [6, 6.07) is 15.7. The normalized spacial score (nSPS) is 18.8. The molecule has 17 heteroatoms. The fourth-order valence-electron chi connectivity index (χ4n) is 6.78. The van der Waals surface area contributed by atoms with Gasteiger partial charge in [-0.1, -0.05) is 24.3 Å². The Labute approximate surface area is 327 Å². The van der Waals surface area contributed by atoms with Crippen molar-refractivity contribution in [3.05, 3.63) is 76.9 Å². The van der Waals surface area contributed by atoms with Gasteiger partial charge in [0.2, 0.25) is 0 Å². The SMILES string of the molecule is Cc1cc(-c2ccc(N=Nc3ccc4c(S(=O)(=O)O)cc(C)c(N)c4c3O)c(C)c2)ccc1CC(=O)CN1CCN2CCN(CC1)CC(=O)[O][Ga][O]C(=O)C2. The first-order valence-electron chi connectivity index (χ1n) is 17.7. The van der Waals surface area contributed by atoms with Crippen LogP contribution in [0.2, 0.25) is 0 Å². The summed E-state index contributed by atoms with van der Waals surface area (Å²) in [6.07, 6.45) is 0.266. The fraction of sp³-hybridized carbons (Fsp3) is 0.342. The van der Waals surface area contributed by atoms with Gasteiger partial charge in [-0.05, 0) is 67.3 Å². The first kappa shape index (κ1) is 40.1. The molecule has 0 saturated carbocycles. The molecule has 2 heterocycles. The van der Waals surface area contributed by atoms with Crippen LogP contribution in [0.3, 0.4) is 0 Å². The molecule has 2 unspecified atom stereocenters. The van der Waals surface area contributed by atoms with Gasteiger partial charge in [0.25, 0.3) is 10.1 Å². The van der Waals surface area contributed by atoms with E-state index in [0.717, 1.165) is 27.8 Å². The molecule has 2 fully saturated rings. The summed E-state index contributed by atoms with van der Waals surface area (Å²) in [5.74, 6) is -1.06. The molecule has 0 spiro atoms. The van der Waals surface area contributed by atoms with E-state index in [4.69, 9.17) is 12.8 Å². The van der Waals surface area contributed by atoms with Crippen LogP contribution in [0.1, 0.15) is 22.3 Å². The minimum absolute atomic E-state index is 0.0600. The third-order valence-electron chi connectivity index (χ3n) is 9.93. The van der Waals surface area contributed by atoms with Crippen LogP contribution in [0.25, 0.3) is 21.9 Å². The van der Waals surface area contributed by atoms with Gasteiger partial charge in [-0.2, -0.15) is 13.5 Å². The molecule has 2 atom stereocenters. The van der Waals surface area contributed by atoms with Crippen molar-refractivity contribution in [1.82, 2.24) is 14.7 Å². The summed E-state index contributed by atoms with van der Waals surface area (Å²) in [6.45, 7) is 9.58. The third kappa shape index (κ3) is 9.79. The van der Waals surface area contributed by atoms with Crippen LogP contribution in [0.15, 0.2) is 69.7 Å². The number of anilines is 1. The van der Waals surface area contributed by atoms with E-state index < -0.39 is 28.3 Å². The molecule has 287 valence electrons. The Morgan fingerprint density at radius 3 is 1.96 bits per heavy atom. The average molecular weight is 829 g/mol. The number of carbonyl (C=O) groups is 3. The Morgan fingerprint density at radius 2 is 1.36 bits per heavy atom. The third-order valence-corrected chi connectivity index (χ3v) is 12.3. The van der Waals surface area contributed by atoms with Crippen molar-refractivity contribution in [2.45, 2.75) is 32.1 Å². The summed E-state index contributed by atoms with van der Waals surface area (Å²) >= 11 is -1.85. The summed E-state index contributed by atoms with van der Waals surface area (Å²) in [5.41, 5.74) is 12.0. The average Bonchev–Trinajstić information content (AvgIpc) is 3.18. The van der Waals surface area contributed by atoms with Crippen LogP contribution in [0, 0.1) is 20.8 Å². The van der Waals surface area contributed by atoms with E-state index in [9.17, 15) is 32.5 Å². The number of phenols is 1. The number of carbonyl (C=O) groups excluding carboxylic acids is 3. The number of azo groups is 1. The molecular weight excluding hydrogens is 786 g/mol. The number of aromatic hydroxyl groups is 1. The van der Waals surface area contributed by atoms with E-state index in [0.29, 0.717) is 50.5 Å². The van der Waals surface area contributed by atoms with E-state index >= 15 is 0 Å². The van der Waals surface area contributed by atoms with Crippen molar-refractivity contribution >= 4 is 73.8 Å². The zero-order valence-corrected chi connectivity index (χ0v) is 34.1. The number of aryl methyl sites for hydroxylation is 3. The number of rotatable bonds is 8. The number of hydrogen-bond acceptors (Lipinski definition) is 14. The Hall–Kier alpha value is -4.62. The molecule has 2 aliphatic rings. The van der Waals surface area contributed by atoms with E-state index in [1.54, 1.807) is 6.92 Å². The number of Topliss-reactive ketones (excluding diaryl/α,β-unsaturated/α-hetero) is 1. The topological polar surface area (TPSA) is 205 Å². The maximum absolute atomic E-state index is 13.4. The standard InChI is InChI=1S/C38H44N6O9S.Ga/c1-23-16-27(5-4-26(23)19-29(45)20-42-10-12-43(21-34(46)47)14-15-44(13-11-42)22-35(48)49)28-6-8-31(24(2)17-28)40-41-32-9-7-30-33(54(51,52)53)18-25(3)37(39)36(30)38(32)50;/h4-9,16-18,50H,10-15,19-22,39H2,1-3H3,(H,46,47)(H,48,49)(H,51,52,53);/q;+2/p-2. The molecule has 4 aromatic carbocycles. The number of hydrogen-bond donors (Lipinski definition) is 3. The second-order valence-electron chi connectivity index (χ2n) is 13.9. The van der Waals surface area contributed by atoms with E-state index in [2.05, 4.69) is 15.1 Å². The van der Waals surface area contributed by atoms with Gasteiger partial charge in [0.1, 0.15) is 10.6 Å². The van der Waals surface area contributed by atoms with Crippen molar-refractivity contribution in [3.8, 4) is 16.9 Å². The quantitative estimate of drug-likeness (QED) is 0.0995. The first-order chi connectivity index (χ1) is 26.2. The molecule has 2 aliphatic heterocycles. The van der Waals surface area contributed by atoms with Crippen LogP contribution >= 0.6 is 0 Å². The van der Waals surface area contributed by atoms with Crippen LogP contribution < -0.4 is 5.73 Å². The minimum atomic E-state index is -4.58. The molecule has 0 aromatic heterocycles. The molecule has 4 aromatic rings. The number of fused-ring (bicyclic) bond motifs is 4. The number of nitrogen functional groups attached to an aromatic ring is 1. The Morgan fingerprint density at radius 1 is 0.800 bits per heavy atom. The van der Waals surface area contributed by atoms with Gasteiger partial charge < -0.3 is 10.8 Å².